The minimum Gasteiger partial charge on any atom is -0.394 e. The summed E-state index contributed by atoms with van der Waals surface area (Å²) in [6.45, 7) is 1.25. The summed E-state index contributed by atoms with van der Waals surface area (Å²) >= 11 is 0. The zero-order valence-corrected chi connectivity index (χ0v) is 18.4. The van der Waals surface area contributed by atoms with Crippen LogP contribution >= 0.6 is 0 Å². The fourth-order valence-corrected chi connectivity index (χ4v) is 4.85. The van der Waals surface area contributed by atoms with Gasteiger partial charge in [-0.1, -0.05) is 30.3 Å². The molecule has 1 aliphatic rings. The van der Waals surface area contributed by atoms with Gasteiger partial charge in [-0.2, -0.15) is 0 Å². The van der Waals surface area contributed by atoms with E-state index in [2.05, 4.69) is 0 Å². The van der Waals surface area contributed by atoms with Gasteiger partial charge in [-0.15, -0.1) is 0 Å². The molecule has 1 saturated heterocycles. The van der Waals surface area contributed by atoms with E-state index in [1.165, 1.54) is 18.2 Å². The van der Waals surface area contributed by atoms with Crippen molar-refractivity contribution in [3.63, 3.8) is 0 Å². The monoisotopic (exact) mass is 469 g/mol. The van der Waals surface area contributed by atoms with Crippen LogP contribution in [0.25, 0.3) is 21.7 Å². The van der Waals surface area contributed by atoms with Gasteiger partial charge in [-0.25, -0.2) is 8.78 Å². The molecule has 6 nitrogen and oxygen atoms in total. The van der Waals surface area contributed by atoms with E-state index in [1.54, 1.807) is 29.8 Å². The van der Waals surface area contributed by atoms with Gasteiger partial charge < -0.3 is 29.7 Å². The molecule has 1 aliphatic heterocycles. The molecule has 2 heterocycles. The third kappa shape index (κ3) is 3.77. The smallest absolute Gasteiger partial charge is 0.163 e. The third-order valence-corrected chi connectivity index (χ3v) is 6.61. The highest BCUT2D eigenvalue weighted by atomic mass is 19.1. The highest BCUT2D eigenvalue weighted by Crippen LogP contribution is 2.36. The van der Waals surface area contributed by atoms with Crippen LogP contribution in [0, 0.1) is 18.6 Å². The molecule has 0 saturated carbocycles. The van der Waals surface area contributed by atoms with Crippen LogP contribution in [-0.4, -0.2) is 56.0 Å². The number of hydrogen-bond donors (Lipinski definition) is 4. The van der Waals surface area contributed by atoms with Gasteiger partial charge in [0.1, 0.15) is 36.1 Å². The van der Waals surface area contributed by atoms with Gasteiger partial charge >= 0.3 is 0 Å². The molecule has 1 fully saturated rings. The Labute approximate surface area is 194 Å². The lowest BCUT2D eigenvalue weighted by Gasteiger charge is -2.40. The quantitative estimate of drug-likeness (QED) is 0.369. The molecule has 3 aromatic carbocycles. The molecule has 0 amide bonds. The van der Waals surface area contributed by atoms with Crippen LogP contribution < -0.4 is 0 Å². The number of fused-ring (bicyclic) bond motifs is 2. The summed E-state index contributed by atoms with van der Waals surface area (Å²) in [7, 11) is 0. The van der Waals surface area contributed by atoms with Gasteiger partial charge in [0.25, 0.3) is 0 Å². The maximum absolute atomic E-state index is 15.1. The molecule has 0 aliphatic carbocycles. The molecule has 0 bridgehead atoms. The van der Waals surface area contributed by atoms with E-state index in [9.17, 15) is 24.8 Å². The molecule has 8 heteroatoms. The minimum atomic E-state index is -1.55. The number of aryl methyl sites for hydroxylation is 1. The Bertz CT molecular complexity index is 1370. The molecular weight excluding hydrogens is 444 g/mol. The second-order valence-electron chi connectivity index (χ2n) is 8.87. The van der Waals surface area contributed by atoms with Crippen molar-refractivity contribution in [1.82, 2.24) is 4.57 Å². The second kappa shape index (κ2) is 8.72. The van der Waals surface area contributed by atoms with Crippen LogP contribution in [0.2, 0.25) is 0 Å². The van der Waals surface area contributed by atoms with Gasteiger partial charge in [-0.05, 0) is 59.0 Å². The Morgan fingerprint density at radius 3 is 2.41 bits per heavy atom. The van der Waals surface area contributed by atoms with Gasteiger partial charge in [0.2, 0.25) is 0 Å². The van der Waals surface area contributed by atoms with Gasteiger partial charge in [0.15, 0.2) is 6.23 Å². The molecule has 1 aromatic heterocycles. The van der Waals surface area contributed by atoms with Crippen molar-refractivity contribution in [2.75, 3.05) is 6.61 Å². The second-order valence-corrected chi connectivity index (χ2v) is 8.87. The Hall–Kier alpha value is -2.88. The number of rotatable bonds is 4. The van der Waals surface area contributed by atoms with Crippen molar-refractivity contribution in [2.24, 2.45) is 0 Å². The zero-order valence-electron chi connectivity index (χ0n) is 18.4. The summed E-state index contributed by atoms with van der Waals surface area (Å²) in [4.78, 5) is 0. The van der Waals surface area contributed by atoms with E-state index in [-0.39, 0.29) is 5.82 Å². The lowest BCUT2D eigenvalue weighted by atomic mass is 9.98. The molecule has 0 radical (unpaired) electrons. The van der Waals surface area contributed by atoms with E-state index in [4.69, 9.17) is 4.74 Å². The van der Waals surface area contributed by atoms with Crippen LogP contribution in [0.4, 0.5) is 8.78 Å². The Morgan fingerprint density at radius 1 is 0.912 bits per heavy atom. The standard InChI is InChI=1S/C26H25F2NO5/c1-13-2-7-19(28)21-17(9-14-3-4-16-10-18(27)6-5-15(16)8-14)11-29(22(13)21)26-25(33)24(32)23(31)20(12-30)34-26/h2-8,10-11,20,23-26,30-33H,9,12H2,1H3/t20-,23-,24+,25-,26-/m1/s1. The predicted octanol–water partition coefficient (Wildman–Crippen LogP) is 2.94. The van der Waals surface area contributed by atoms with Crippen molar-refractivity contribution in [3.05, 3.63) is 83.1 Å². The molecule has 5 rings (SSSR count). The third-order valence-electron chi connectivity index (χ3n) is 6.61. The summed E-state index contributed by atoms with van der Waals surface area (Å²) < 4.78 is 35.9. The first kappa shape index (κ1) is 22.9. The van der Waals surface area contributed by atoms with E-state index in [0.29, 0.717) is 22.9 Å². The van der Waals surface area contributed by atoms with Crippen molar-refractivity contribution < 1.29 is 33.9 Å². The van der Waals surface area contributed by atoms with E-state index < -0.39 is 43.1 Å². The van der Waals surface area contributed by atoms with Gasteiger partial charge in [-0.3, -0.25) is 0 Å². The number of nitrogens with zero attached hydrogens (tertiary/aromatic N) is 1. The van der Waals surface area contributed by atoms with Crippen molar-refractivity contribution in [2.45, 2.75) is 44.0 Å². The highest BCUT2D eigenvalue weighted by Gasteiger charge is 2.44. The summed E-state index contributed by atoms with van der Waals surface area (Å²) in [5.74, 6) is -0.762. The summed E-state index contributed by atoms with van der Waals surface area (Å²) in [5, 5.41) is 42.7. The SMILES string of the molecule is Cc1ccc(F)c2c(Cc3ccc4cc(F)ccc4c3)cn([C@@H]3O[C@H](CO)[C@@H](O)[C@H](O)[C@H]3O)c12. The fourth-order valence-electron chi connectivity index (χ4n) is 4.85. The van der Waals surface area contributed by atoms with E-state index in [0.717, 1.165) is 21.9 Å². The summed E-state index contributed by atoms with van der Waals surface area (Å²) in [6, 6.07) is 13.1. The predicted molar refractivity (Wildman–Crippen MR) is 122 cm³/mol. The van der Waals surface area contributed by atoms with Crippen LogP contribution in [0.15, 0.2) is 54.7 Å². The molecule has 178 valence electrons. The molecule has 34 heavy (non-hydrogen) atoms. The average Bonchev–Trinajstić information content (AvgIpc) is 3.20. The molecule has 4 N–H and O–H groups in total. The number of aliphatic hydroxyl groups is 4. The Morgan fingerprint density at radius 2 is 1.65 bits per heavy atom. The lowest BCUT2D eigenvalue weighted by Crippen LogP contribution is -2.56. The topological polar surface area (TPSA) is 95.1 Å². The molecule has 4 aromatic rings. The average molecular weight is 469 g/mol. The van der Waals surface area contributed by atoms with Crippen LogP contribution in [0.1, 0.15) is 22.9 Å². The summed E-state index contributed by atoms with van der Waals surface area (Å²) in [6.07, 6.45) is -4.74. The van der Waals surface area contributed by atoms with Crippen molar-refractivity contribution in [1.29, 1.82) is 0 Å². The van der Waals surface area contributed by atoms with Gasteiger partial charge in [0, 0.05) is 11.6 Å². The van der Waals surface area contributed by atoms with Crippen LogP contribution in [0.3, 0.4) is 0 Å². The maximum atomic E-state index is 15.1. The number of aliphatic hydroxyl groups excluding tert-OH is 4. The fraction of sp³-hybridized carbons (Fsp3) is 0.308. The number of ether oxygens (including phenoxy) is 1. The van der Waals surface area contributed by atoms with Crippen LogP contribution in [0.5, 0.6) is 0 Å². The number of hydrogen-bond acceptors (Lipinski definition) is 5. The highest BCUT2D eigenvalue weighted by molar-refractivity contribution is 5.88. The van der Waals surface area contributed by atoms with Crippen molar-refractivity contribution in [3.8, 4) is 0 Å². The normalized spacial score (nSPS) is 25.3. The molecular formula is C26H25F2NO5. The molecule has 5 atom stereocenters. The van der Waals surface area contributed by atoms with Crippen molar-refractivity contribution >= 4 is 21.7 Å². The molecule has 0 spiro atoms. The first-order valence-corrected chi connectivity index (χ1v) is 11.1. The number of aromatic nitrogens is 1. The van der Waals surface area contributed by atoms with E-state index >= 15 is 4.39 Å². The van der Waals surface area contributed by atoms with Gasteiger partial charge in [0.05, 0.1) is 12.1 Å². The van der Waals surface area contributed by atoms with Crippen LogP contribution in [-0.2, 0) is 11.2 Å². The Balaban J connectivity index is 1.61. The Kier molecular flexibility index (Phi) is 5.87. The number of benzene rings is 3. The van der Waals surface area contributed by atoms with E-state index in [1.807, 2.05) is 18.2 Å². The largest absolute Gasteiger partial charge is 0.394 e. The number of halogens is 2. The molecule has 0 unspecified atom stereocenters. The minimum absolute atomic E-state index is 0.319. The first-order valence-electron chi connectivity index (χ1n) is 11.1. The summed E-state index contributed by atoms with van der Waals surface area (Å²) in [5.41, 5.74) is 2.73. The first-order chi connectivity index (χ1) is 16.3. The maximum Gasteiger partial charge on any atom is 0.163 e. The zero-order chi connectivity index (χ0) is 24.1. The lowest BCUT2D eigenvalue weighted by molar-refractivity contribution is -0.250.